The van der Waals surface area contributed by atoms with Crippen LogP contribution in [0.1, 0.15) is 50.1 Å². The smallest absolute Gasteiger partial charge is 0.189 e. The SMILES string of the molecule is CCCCOc1ccc(-n2nnc(C#N)c2C2CCCO2)cc1. The van der Waals surface area contributed by atoms with Gasteiger partial charge in [-0.1, -0.05) is 18.6 Å². The summed E-state index contributed by atoms with van der Waals surface area (Å²) in [5.41, 5.74) is 1.93. The van der Waals surface area contributed by atoms with Gasteiger partial charge in [0.15, 0.2) is 5.69 Å². The van der Waals surface area contributed by atoms with Crippen molar-refractivity contribution in [3.63, 3.8) is 0 Å². The van der Waals surface area contributed by atoms with Crippen molar-refractivity contribution in [2.24, 2.45) is 0 Å². The fourth-order valence-corrected chi connectivity index (χ4v) is 2.66. The molecule has 3 rings (SSSR count). The van der Waals surface area contributed by atoms with E-state index in [1.54, 1.807) is 4.68 Å². The minimum atomic E-state index is -0.111. The van der Waals surface area contributed by atoms with Crippen LogP contribution in [0.3, 0.4) is 0 Å². The zero-order valence-electron chi connectivity index (χ0n) is 13.2. The van der Waals surface area contributed by atoms with Crippen LogP contribution in [0.5, 0.6) is 5.75 Å². The van der Waals surface area contributed by atoms with E-state index in [-0.39, 0.29) is 6.10 Å². The number of benzene rings is 1. The number of aromatic nitrogens is 3. The van der Waals surface area contributed by atoms with Crippen LogP contribution in [0.2, 0.25) is 0 Å². The Balaban J connectivity index is 1.84. The lowest BCUT2D eigenvalue weighted by molar-refractivity contribution is 0.106. The number of nitrogens with zero attached hydrogens (tertiary/aromatic N) is 4. The Hall–Kier alpha value is -2.39. The Labute approximate surface area is 135 Å². The summed E-state index contributed by atoms with van der Waals surface area (Å²) in [6.07, 6.45) is 3.92. The maximum atomic E-state index is 9.26. The zero-order chi connectivity index (χ0) is 16.1. The molecule has 0 saturated carbocycles. The molecule has 1 aliphatic rings. The summed E-state index contributed by atoms with van der Waals surface area (Å²) in [6.45, 7) is 3.57. The molecule has 0 amide bonds. The molecule has 0 bridgehead atoms. The van der Waals surface area contributed by atoms with E-state index >= 15 is 0 Å². The third-order valence-corrected chi connectivity index (χ3v) is 3.89. The number of rotatable bonds is 6. The van der Waals surface area contributed by atoms with Gasteiger partial charge < -0.3 is 9.47 Å². The van der Waals surface area contributed by atoms with Crippen molar-refractivity contribution in [3.05, 3.63) is 35.7 Å². The average molecular weight is 312 g/mol. The highest BCUT2D eigenvalue weighted by molar-refractivity contribution is 5.40. The van der Waals surface area contributed by atoms with Crippen LogP contribution < -0.4 is 4.74 Å². The van der Waals surface area contributed by atoms with Gasteiger partial charge >= 0.3 is 0 Å². The lowest BCUT2D eigenvalue weighted by atomic mass is 10.1. The molecule has 0 spiro atoms. The van der Waals surface area contributed by atoms with Crippen LogP contribution in [0.25, 0.3) is 5.69 Å². The minimum Gasteiger partial charge on any atom is -0.494 e. The highest BCUT2D eigenvalue weighted by Crippen LogP contribution is 2.31. The van der Waals surface area contributed by atoms with Gasteiger partial charge in [-0.15, -0.1) is 5.10 Å². The Bertz CT molecular complexity index is 682. The monoisotopic (exact) mass is 312 g/mol. The van der Waals surface area contributed by atoms with E-state index in [9.17, 15) is 5.26 Å². The lowest BCUT2D eigenvalue weighted by Gasteiger charge is -2.12. The molecule has 1 atom stereocenters. The molecule has 6 nitrogen and oxygen atoms in total. The number of hydrogen-bond acceptors (Lipinski definition) is 5. The largest absolute Gasteiger partial charge is 0.494 e. The number of hydrogen-bond donors (Lipinski definition) is 0. The fraction of sp³-hybridized carbons (Fsp3) is 0.471. The summed E-state index contributed by atoms with van der Waals surface area (Å²) in [6, 6.07) is 9.79. The predicted octanol–water partition coefficient (Wildman–Crippen LogP) is 3.17. The first-order valence-electron chi connectivity index (χ1n) is 8.04. The van der Waals surface area contributed by atoms with Crippen molar-refractivity contribution >= 4 is 0 Å². The standard InChI is InChI=1S/C17H20N4O2/c1-2-3-10-22-14-8-6-13(7-9-14)21-17(15(12-18)19-20-21)16-5-4-11-23-16/h6-9,16H,2-5,10-11H2,1H3. The summed E-state index contributed by atoms with van der Waals surface area (Å²) in [7, 11) is 0. The highest BCUT2D eigenvalue weighted by Gasteiger charge is 2.27. The maximum Gasteiger partial charge on any atom is 0.189 e. The van der Waals surface area contributed by atoms with Gasteiger partial charge in [-0.3, -0.25) is 0 Å². The molecule has 1 unspecified atom stereocenters. The van der Waals surface area contributed by atoms with E-state index in [2.05, 4.69) is 23.3 Å². The van der Waals surface area contributed by atoms with Crippen LogP contribution in [0.15, 0.2) is 24.3 Å². The molecule has 1 aliphatic heterocycles. The van der Waals surface area contributed by atoms with Crippen molar-refractivity contribution in [2.75, 3.05) is 13.2 Å². The normalized spacial score (nSPS) is 17.1. The van der Waals surface area contributed by atoms with Gasteiger partial charge in [0.25, 0.3) is 0 Å². The molecule has 1 aromatic carbocycles. The van der Waals surface area contributed by atoms with Crippen LogP contribution in [-0.2, 0) is 4.74 Å². The Morgan fingerprint density at radius 3 is 2.87 bits per heavy atom. The molecule has 120 valence electrons. The molecule has 2 aromatic rings. The highest BCUT2D eigenvalue weighted by atomic mass is 16.5. The number of unbranched alkanes of at least 4 members (excludes halogenated alkanes) is 1. The van der Waals surface area contributed by atoms with Crippen molar-refractivity contribution in [1.82, 2.24) is 15.0 Å². The summed E-state index contributed by atoms with van der Waals surface area (Å²) in [4.78, 5) is 0. The van der Waals surface area contributed by atoms with Gasteiger partial charge in [-0.25, -0.2) is 4.68 Å². The summed E-state index contributed by atoms with van der Waals surface area (Å²) < 4.78 is 13.1. The third kappa shape index (κ3) is 3.35. The summed E-state index contributed by atoms with van der Waals surface area (Å²) in [5.74, 6) is 0.835. The molecule has 0 aliphatic carbocycles. The van der Waals surface area contributed by atoms with Crippen LogP contribution in [0, 0.1) is 11.3 Å². The van der Waals surface area contributed by atoms with Crippen LogP contribution >= 0.6 is 0 Å². The topological polar surface area (TPSA) is 73.0 Å². The van der Waals surface area contributed by atoms with Gasteiger partial charge in [0.2, 0.25) is 0 Å². The predicted molar refractivity (Wildman–Crippen MR) is 84.4 cm³/mol. The van der Waals surface area contributed by atoms with Gasteiger partial charge in [0.1, 0.15) is 23.6 Å². The van der Waals surface area contributed by atoms with E-state index in [0.717, 1.165) is 49.4 Å². The van der Waals surface area contributed by atoms with Crippen molar-refractivity contribution in [1.29, 1.82) is 5.26 Å². The second-order valence-electron chi connectivity index (χ2n) is 5.54. The molecule has 0 radical (unpaired) electrons. The van der Waals surface area contributed by atoms with E-state index < -0.39 is 0 Å². The molecule has 6 heteroatoms. The van der Waals surface area contributed by atoms with E-state index in [0.29, 0.717) is 12.3 Å². The second kappa shape index (κ2) is 7.25. The quantitative estimate of drug-likeness (QED) is 0.766. The van der Waals surface area contributed by atoms with Crippen LogP contribution in [0.4, 0.5) is 0 Å². The molecule has 1 aromatic heterocycles. The first-order chi connectivity index (χ1) is 11.3. The summed E-state index contributed by atoms with van der Waals surface area (Å²) >= 11 is 0. The molecule has 1 saturated heterocycles. The Kier molecular flexibility index (Phi) is 4.89. The first kappa shape index (κ1) is 15.5. The average Bonchev–Trinajstić information content (AvgIpc) is 3.24. The van der Waals surface area contributed by atoms with E-state index in [4.69, 9.17) is 9.47 Å². The maximum absolute atomic E-state index is 9.26. The molecular weight excluding hydrogens is 292 g/mol. The minimum absolute atomic E-state index is 0.111. The van der Waals surface area contributed by atoms with Gasteiger partial charge in [-0.2, -0.15) is 5.26 Å². The van der Waals surface area contributed by atoms with E-state index in [1.165, 1.54) is 0 Å². The fourth-order valence-electron chi connectivity index (χ4n) is 2.66. The molecule has 2 heterocycles. The van der Waals surface area contributed by atoms with Gasteiger partial charge in [0.05, 0.1) is 12.3 Å². The molecule has 0 N–H and O–H groups in total. The third-order valence-electron chi connectivity index (χ3n) is 3.89. The van der Waals surface area contributed by atoms with Crippen molar-refractivity contribution in [2.45, 2.75) is 38.7 Å². The Morgan fingerprint density at radius 1 is 1.39 bits per heavy atom. The van der Waals surface area contributed by atoms with Crippen LogP contribution in [-0.4, -0.2) is 28.2 Å². The molecule has 23 heavy (non-hydrogen) atoms. The Morgan fingerprint density at radius 2 is 2.22 bits per heavy atom. The van der Waals surface area contributed by atoms with Crippen molar-refractivity contribution in [3.8, 4) is 17.5 Å². The molecule has 1 fully saturated rings. The second-order valence-corrected chi connectivity index (χ2v) is 5.54. The number of nitriles is 1. The zero-order valence-corrected chi connectivity index (χ0v) is 13.2. The van der Waals surface area contributed by atoms with Crippen molar-refractivity contribution < 1.29 is 9.47 Å². The summed E-state index contributed by atoms with van der Waals surface area (Å²) in [5, 5.41) is 17.4. The first-order valence-corrected chi connectivity index (χ1v) is 8.04. The number of ether oxygens (including phenoxy) is 2. The van der Waals surface area contributed by atoms with E-state index in [1.807, 2.05) is 24.3 Å². The van der Waals surface area contributed by atoms with Gasteiger partial charge in [-0.05, 0) is 43.5 Å². The molecular formula is C17H20N4O2. The lowest BCUT2D eigenvalue weighted by Crippen LogP contribution is -2.08. The van der Waals surface area contributed by atoms with Gasteiger partial charge in [0, 0.05) is 6.61 Å².